The van der Waals surface area contributed by atoms with E-state index in [9.17, 15) is 4.79 Å². The van der Waals surface area contributed by atoms with Gasteiger partial charge < -0.3 is 0 Å². The number of carbonyl (C=O) groups is 1. The first-order chi connectivity index (χ1) is 6.33. The van der Waals surface area contributed by atoms with E-state index in [1.54, 1.807) is 0 Å². The van der Waals surface area contributed by atoms with Crippen molar-refractivity contribution in [2.24, 2.45) is 5.10 Å². The summed E-state index contributed by atoms with van der Waals surface area (Å²) in [7, 11) is 0. The van der Waals surface area contributed by atoms with Crippen LogP contribution in [-0.4, -0.2) is 12.1 Å². The van der Waals surface area contributed by atoms with Crippen LogP contribution >= 0.6 is 0 Å². The Bertz CT molecular complexity index is 373. The van der Waals surface area contributed by atoms with Crippen LogP contribution in [0.25, 0.3) is 0 Å². The Kier molecular flexibility index (Phi) is 1.73. The predicted molar refractivity (Wildman–Crippen MR) is 50.3 cm³/mol. The van der Waals surface area contributed by atoms with E-state index in [1.165, 1.54) is 5.01 Å². The third-order valence-electron chi connectivity index (χ3n) is 1.98. The molecule has 66 valence electrons. The molecule has 1 N–H and O–H groups in total. The number of hydrazine groups is 1. The quantitative estimate of drug-likeness (QED) is 0.644. The second-order valence-corrected chi connectivity index (χ2v) is 2.79. The van der Waals surface area contributed by atoms with Gasteiger partial charge in [0.05, 0.1) is 11.4 Å². The fraction of sp³-hybridized carbons (Fsp3) is 0.111. The fourth-order valence-corrected chi connectivity index (χ4v) is 1.31. The Morgan fingerprint density at radius 3 is 3.00 bits per heavy atom. The Balaban J connectivity index is 2.56. The van der Waals surface area contributed by atoms with E-state index >= 15 is 0 Å². The molecule has 1 aromatic rings. The number of hydrazone groups is 1. The Labute approximate surface area is 75.8 Å². The third kappa shape index (κ3) is 1.16. The normalized spacial score (nSPS) is 14.2. The van der Waals surface area contributed by atoms with Crippen LogP contribution in [0.5, 0.6) is 0 Å². The average Bonchev–Trinajstić information content (AvgIpc) is 2.19. The van der Waals surface area contributed by atoms with E-state index < -0.39 is 0 Å². The number of hydrogen-bond donors (Lipinski definition) is 1. The van der Waals surface area contributed by atoms with Gasteiger partial charge in [-0.3, -0.25) is 4.79 Å². The molecule has 0 aromatic heterocycles. The SMILES string of the molecule is CC1=NNN(C=O)c2ccccc21. The highest BCUT2D eigenvalue weighted by Gasteiger charge is 2.15. The number of para-hydroxylation sites is 1. The van der Waals surface area contributed by atoms with Crippen molar-refractivity contribution in [1.29, 1.82) is 0 Å². The van der Waals surface area contributed by atoms with Gasteiger partial charge in [-0.1, -0.05) is 18.2 Å². The van der Waals surface area contributed by atoms with Crippen molar-refractivity contribution in [2.75, 3.05) is 5.01 Å². The molecule has 0 aliphatic carbocycles. The molecule has 0 fully saturated rings. The van der Waals surface area contributed by atoms with Crippen molar-refractivity contribution in [3.8, 4) is 0 Å². The molecule has 1 aliphatic rings. The molecule has 4 heteroatoms. The Morgan fingerprint density at radius 1 is 1.46 bits per heavy atom. The van der Waals surface area contributed by atoms with Crippen LogP contribution in [0.15, 0.2) is 29.4 Å². The van der Waals surface area contributed by atoms with Crippen LogP contribution in [0.4, 0.5) is 5.69 Å². The summed E-state index contributed by atoms with van der Waals surface area (Å²) in [5.74, 6) is 0. The van der Waals surface area contributed by atoms with Crippen molar-refractivity contribution < 1.29 is 4.79 Å². The molecule has 0 radical (unpaired) electrons. The van der Waals surface area contributed by atoms with Crippen molar-refractivity contribution >= 4 is 17.8 Å². The van der Waals surface area contributed by atoms with Crippen molar-refractivity contribution in [1.82, 2.24) is 5.53 Å². The largest absolute Gasteiger partial charge is 0.276 e. The monoisotopic (exact) mass is 175 g/mol. The van der Waals surface area contributed by atoms with E-state index in [2.05, 4.69) is 10.6 Å². The maximum Gasteiger partial charge on any atom is 0.234 e. The minimum atomic E-state index is 0.703. The summed E-state index contributed by atoms with van der Waals surface area (Å²) < 4.78 is 0. The number of nitrogens with zero attached hydrogens (tertiary/aromatic N) is 2. The summed E-state index contributed by atoms with van der Waals surface area (Å²) >= 11 is 0. The maximum absolute atomic E-state index is 10.6. The van der Waals surface area contributed by atoms with Gasteiger partial charge in [0.15, 0.2) is 0 Å². The Hall–Kier alpha value is -1.84. The first-order valence-electron chi connectivity index (χ1n) is 3.97. The van der Waals surface area contributed by atoms with E-state index in [1.807, 2.05) is 31.2 Å². The average molecular weight is 175 g/mol. The summed E-state index contributed by atoms with van der Waals surface area (Å²) in [6.45, 7) is 1.90. The standard InChI is InChI=1S/C9H9N3O/c1-7-8-4-2-3-5-9(8)12(6-13)11-10-7/h2-6,11H,1H3. The van der Waals surface area contributed by atoms with Crippen molar-refractivity contribution in [3.63, 3.8) is 0 Å². The summed E-state index contributed by atoms with van der Waals surface area (Å²) in [5, 5.41) is 5.33. The second-order valence-electron chi connectivity index (χ2n) is 2.79. The fourth-order valence-electron chi connectivity index (χ4n) is 1.31. The highest BCUT2D eigenvalue weighted by Crippen LogP contribution is 2.21. The smallest absolute Gasteiger partial charge is 0.234 e. The lowest BCUT2D eigenvalue weighted by atomic mass is 10.1. The van der Waals surface area contributed by atoms with Gasteiger partial charge in [-0.05, 0) is 13.0 Å². The second kappa shape index (κ2) is 2.90. The molecule has 0 atom stereocenters. The molecule has 1 aromatic carbocycles. The number of hydrogen-bond acceptors (Lipinski definition) is 3. The number of fused-ring (bicyclic) bond motifs is 1. The molecule has 1 aliphatic heterocycles. The van der Waals surface area contributed by atoms with E-state index in [0.717, 1.165) is 17.0 Å². The van der Waals surface area contributed by atoms with Gasteiger partial charge in [0.2, 0.25) is 6.41 Å². The maximum atomic E-state index is 10.6. The summed E-state index contributed by atoms with van der Waals surface area (Å²) in [4.78, 5) is 10.6. The van der Waals surface area contributed by atoms with Gasteiger partial charge in [-0.25, -0.2) is 10.5 Å². The molecule has 0 saturated carbocycles. The lowest BCUT2D eigenvalue weighted by Crippen LogP contribution is -2.37. The van der Waals surface area contributed by atoms with Crippen LogP contribution in [0, 0.1) is 0 Å². The molecule has 2 rings (SSSR count). The number of carbonyl (C=O) groups excluding carboxylic acids is 1. The van der Waals surface area contributed by atoms with Crippen molar-refractivity contribution in [2.45, 2.75) is 6.92 Å². The van der Waals surface area contributed by atoms with Gasteiger partial charge >= 0.3 is 0 Å². The molecular weight excluding hydrogens is 166 g/mol. The number of nitrogens with one attached hydrogen (secondary N) is 1. The summed E-state index contributed by atoms with van der Waals surface area (Å²) in [5.41, 5.74) is 5.33. The molecular formula is C9H9N3O. The van der Waals surface area contributed by atoms with Gasteiger partial charge in [0.1, 0.15) is 0 Å². The molecule has 13 heavy (non-hydrogen) atoms. The molecule has 0 spiro atoms. The molecule has 1 heterocycles. The van der Waals surface area contributed by atoms with Crippen LogP contribution < -0.4 is 10.5 Å². The van der Waals surface area contributed by atoms with E-state index in [-0.39, 0.29) is 0 Å². The molecule has 1 amide bonds. The number of rotatable bonds is 1. The number of benzene rings is 1. The van der Waals surface area contributed by atoms with Crippen molar-refractivity contribution in [3.05, 3.63) is 29.8 Å². The Morgan fingerprint density at radius 2 is 2.23 bits per heavy atom. The zero-order chi connectivity index (χ0) is 9.26. The predicted octanol–water partition coefficient (Wildman–Crippen LogP) is 0.892. The van der Waals surface area contributed by atoms with E-state index in [0.29, 0.717) is 6.41 Å². The highest BCUT2D eigenvalue weighted by molar-refractivity contribution is 6.06. The highest BCUT2D eigenvalue weighted by atomic mass is 16.1. The lowest BCUT2D eigenvalue weighted by Gasteiger charge is -2.23. The van der Waals surface area contributed by atoms with Crippen LogP contribution in [0.3, 0.4) is 0 Å². The third-order valence-corrected chi connectivity index (χ3v) is 1.98. The zero-order valence-corrected chi connectivity index (χ0v) is 7.19. The molecule has 4 nitrogen and oxygen atoms in total. The van der Waals surface area contributed by atoms with Crippen LogP contribution in [-0.2, 0) is 4.79 Å². The van der Waals surface area contributed by atoms with Gasteiger partial charge in [-0.15, -0.1) is 0 Å². The van der Waals surface area contributed by atoms with Crippen LogP contribution in [0.2, 0.25) is 0 Å². The number of amides is 1. The minimum absolute atomic E-state index is 0.703. The zero-order valence-electron chi connectivity index (χ0n) is 7.19. The summed E-state index contributed by atoms with van der Waals surface area (Å²) in [6.07, 6.45) is 0.703. The summed E-state index contributed by atoms with van der Waals surface area (Å²) in [6, 6.07) is 7.61. The van der Waals surface area contributed by atoms with Crippen LogP contribution in [0.1, 0.15) is 12.5 Å². The first-order valence-corrected chi connectivity index (χ1v) is 3.97. The van der Waals surface area contributed by atoms with Gasteiger partial charge in [0, 0.05) is 5.56 Å². The first kappa shape index (κ1) is 7.79. The molecule has 0 unspecified atom stereocenters. The van der Waals surface area contributed by atoms with E-state index in [4.69, 9.17) is 0 Å². The minimum Gasteiger partial charge on any atom is -0.276 e. The topological polar surface area (TPSA) is 44.7 Å². The van der Waals surface area contributed by atoms with Gasteiger partial charge in [-0.2, -0.15) is 5.10 Å². The molecule has 0 saturated heterocycles. The molecule has 0 bridgehead atoms. The van der Waals surface area contributed by atoms with Gasteiger partial charge in [0.25, 0.3) is 0 Å². The lowest BCUT2D eigenvalue weighted by molar-refractivity contribution is -0.108. The number of anilines is 1.